The number of hydrogen-bond acceptors (Lipinski definition) is 3. The first-order valence-corrected chi connectivity index (χ1v) is 7.93. The summed E-state index contributed by atoms with van der Waals surface area (Å²) < 4.78 is 67.1. The zero-order valence-corrected chi connectivity index (χ0v) is 12.0. The van der Waals surface area contributed by atoms with Crippen LogP contribution in [0.4, 0.5) is 18.9 Å². The van der Waals surface area contributed by atoms with E-state index in [0.29, 0.717) is 25.0 Å². The minimum absolute atomic E-state index is 0.140. The van der Waals surface area contributed by atoms with Gasteiger partial charge in [-0.2, -0.15) is 12.7 Å². The number of rotatable bonds is 4. The highest BCUT2D eigenvalue weighted by Gasteiger charge is 2.32. The molecule has 1 heterocycles. The summed E-state index contributed by atoms with van der Waals surface area (Å²) in [5, 5.41) is 0. The number of halogens is 3. The Kier molecular flexibility index (Phi) is 4.74. The molecule has 0 saturated carbocycles. The van der Waals surface area contributed by atoms with Gasteiger partial charge in [-0.05, 0) is 12.8 Å². The first-order chi connectivity index (χ1) is 9.85. The van der Waals surface area contributed by atoms with Gasteiger partial charge in [-0.3, -0.25) is 4.72 Å². The van der Waals surface area contributed by atoms with Crippen molar-refractivity contribution in [3.05, 3.63) is 29.6 Å². The van der Waals surface area contributed by atoms with E-state index < -0.39 is 33.3 Å². The van der Waals surface area contributed by atoms with Gasteiger partial charge in [0.15, 0.2) is 11.6 Å². The molecular formula is C12H16F3N3O2S. The van der Waals surface area contributed by atoms with Crippen molar-refractivity contribution < 1.29 is 21.6 Å². The van der Waals surface area contributed by atoms with Crippen molar-refractivity contribution in [2.75, 3.05) is 17.8 Å². The Morgan fingerprint density at radius 3 is 2.52 bits per heavy atom. The number of nitrogens with zero attached hydrogens (tertiary/aromatic N) is 1. The van der Waals surface area contributed by atoms with Gasteiger partial charge in [0, 0.05) is 31.3 Å². The van der Waals surface area contributed by atoms with Crippen molar-refractivity contribution >= 4 is 15.9 Å². The molecule has 0 amide bonds. The summed E-state index contributed by atoms with van der Waals surface area (Å²) in [4.78, 5) is 0. The van der Waals surface area contributed by atoms with E-state index in [4.69, 9.17) is 5.73 Å². The summed E-state index contributed by atoms with van der Waals surface area (Å²) in [6.45, 7) is 0.393. The van der Waals surface area contributed by atoms with Crippen LogP contribution in [-0.4, -0.2) is 31.9 Å². The predicted molar refractivity (Wildman–Crippen MR) is 72.3 cm³/mol. The van der Waals surface area contributed by atoms with E-state index >= 15 is 0 Å². The van der Waals surface area contributed by atoms with E-state index in [1.165, 1.54) is 0 Å². The third-order valence-corrected chi connectivity index (χ3v) is 4.98. The van der Waals surface area contributed by atoms with Crippen LogP contribution in [0.1, 0.15) is 19.3 Å². The molecule has 1 unspecified atom stereocenters. The third-order valence-electron chi connectivity index (χ3n) is 3.40. The summed E-state index contributed by atoms with van der Waals surface area (Å²) in [6.07, 6.45) is 2.13. The summed E-state index contributed by atoms with van der Waals surface area (Å²) in [7, 11) is -4.08. The second-order valence-corrected chi connectivity index (χ2v) is 6.47. The van der Waals surface area contributed by atoms with Crippen LogP contribution in [0.2, 0.25) is 0 Å². The number of nitrogens with two attached hydrogens (primary N) is 1. The predicted octanol–water partition coefficient (Wildman–Crippen LogP) is 1.57. The highest BCUT2D eigenvalue weighted by molar-refractivity contribution is 7.90. The molecule has 0 bridgehead atoms. The highest BCUT2D eigenvalue weighted by Crippen LogP contribution is 2.24. The molecule has 21 heavy (non-hydrogen) atoms. The molecule has 0 spiro atoms. The van der Waals surface area contributed by atoms with E-state index in [9.17, 15) is 21.6 Å². The molecule has 1 saturated heterocycles. The molecule has 0 aromatic heterocycles. The lowest BCUT2D eigenvalue weighted by Crippen LogP contribution is -2.49. The van der Waals surface area contributed by atoms with E-state index in [1.54, 1.807) is 0 Å². The summed E-state index contributed by atoms with van der Waals surface area (Å²) in [6, 6.07) is 0.387. The third kappa shape index (κ3) is 3.47. The fourth-order valence-corrected chi connectivity index (χ4v) is 3.83. The van der Waals surface area contributed by atoms with Gasteiger partial charge in [0.1, 0.15) is 5.82 Å². The average molecular weight is 323 g/mol. The Balaban J connectivity index is 2.26. The number of anilines is 1. The normalized spacial score (nSPS) is 20.5. The first-order valence-electron chi connectivity index (χ1n) is 6.49. The van der Waals surface area contributed by atoms with E-state index in [0.717, 1.165) is 10.7 Å². The number of benzene rings is 1. The van der Waals surface area contributed by atoms with Crippen LogP contribution in [0.25, 0.3) is 0 Å². The second-order valence-electron chi connectivity index (χ2n) is 4.85. The fraction of sp³-hybridized carbons (Fsp3) is 0.500. The minimum atomic E-state index is -4.08. The van der Waals surface area contributed by atoms with Gasteiger partial charge in [-0.1, -0.05) is 6.42 Å². The van der Waals surface area contributed by atoms with Crippen LogP contribution >= 0.6 is 0 Å². The molecule has 2 rings (SSSR count). The molecule has 1 aromatic rings. The van der Waals surface area contributed by atoms with Crippen molar-refractivity contribution in [3.63, 3.8) is 0 Å². The second kappa shape index (κ2) is 6.20. The van der Waals surface area contributed by atoms with Gasteiger partial charge in [0.25, 0.3) is 0 Å². The van der Waals surface area contributed by atoms with Crippen molar-refractivity contribution in [1.82, 2.24) is 4.31 Å². The Hall–Kier alpha value is -1.32. The van der Waals surface area contributed by atoms with Crippen LogP contribution in [-0.2, 0) is 10.2 Å². The maximum absolute atomic E-state index is 13.5. The van der Waals surface area contributed by atoms with Crippen molar-refractivity contribution in [2.45, 2.75) is 25.3 Å². The van der Waals surface area contributed by atoms with E-state index in [2.05, 4.69) is 0 Å². The van der Waals surface area contributed by atoms with Gasteiger partial charge in [0.05, 0.1) is 5.69 Å². The van der Waals surface area contributed by atoms with Gasteiger partial charge < -0.3 is 5.73 Å². The van der Waals surface area contributed by atoms with Gasteiger partial charge >= 0.3 is 10.2 Å². The fourth-order valence-electron chi connectivity index (χ4n) is 2.32. The molecule has 1 aliphatic heterocycles. The molecule has 1 aromatic carbocycles. The van der Waals surface area contributed by atoms with Gasteiger partial charge in [-0.25, -0.2) is 13.2 Å². The summed E-state index contributed by atoms with van der Waals surface area (Å²) in [5.74, 6) is -3.89. The Morgan fingerprint density at radius 2 is 1.86 bits per heavy atom. The molecule has 0 radical (unpaired) electrons. The minimum Gasteiger partial charge on any atom is -0.329 e. The number of hydrogen-bond donors (Lipinski definition) is 2. The van der Waals surface area contributed by atoms with E-state index in [1.807, 2.05) is 4.72 Å². The Bertz CT molecular complexity index is 624. The number of nitrogens with one attached hydrogen (secondary N) is 1. The molecule has 0 aliphatic carbocycles. The monoisotopic (exact) mass is 323 g/mol. The SMILES string of the molecule is NCC1CCCCN1S(=O)(=O)Nc1cc(F)c(F)cc1F. The maximum atomic E-state index is 13.5. The van der Waals surface area contributed by atoms with Crippen LogP contribution in [0.15, 0.2) is 12.1 Å². The summed E-state index contributed by atoms with van der Waals surface area (Å²) in [5.41, 5.74) is 4.91. The van der Waals surface area contributed by atoms with E-state index in [-0.39, 0.29) is 19.1 Å². The van der Waals surface area contributed by atoms with Crippen LogP contribution < -0.4 is 10.5 Å². The van der Waals surface area contributed by atoms with Crippen molar-refractivity contribution in [1.29, 1.82) is 0 Å². The van der Waals surface area contributed by atoms with Gasteiger partial charge in [-0.15, -0.1) is 0 Å². The molecular weight excluding hydrogens is 307 g/mol. The number of piperidine rings is 1. The van der Waals surface area contributed by atoms with Crippen LogP contribution in [0, 0.1) is 17.5 Å². The zero-order valence-electron chi connectivity index (χ0n) is 11.2. The molecule has 9 heteroatoms. The van der Waals surface area contributed by atoms with Crippen LogP contribution in [0.5, 0.6) is 0 Å². The lowest BCUT2D eigenvalue weighted by atomic mass is 10.1. The maximum Gasteiger partial charge on any atom is 0.302 e. The van der Waals surface area contributed by atoms with Crippen molar-refractivity contribution in [3.8, 4) is 0 Å². The molecule has 3 N–H and O–H groups in total. The Morgan fingerprint density at radius 1 is 1.19 bits per heavy atom. The lowest BCUT2D eigenvalue weighted by Gasteiger charge is -2.33. The first kappa shape index (κ1) is 16.1. The molecule has 1 fully saturated rings. The smallest absolute Gasteiger partial charge is 0.302 e. The Labute approximate surface area is 121 Å². The van der Waals surface area contributed by atoms with Gasteiger partial charge in [0.2, 0.25) is 0 Å². The van der Waals surface area contributed by atoms with Crippen molar-refractivity contribution in [2.24, 2.45) is 5.73 Å². The molecule has 118 valence electrons. The molecule has 1 aliphatic rings. The standard InChI is InChI=1S/C12H16F3N3O2S/c13-9-5-11(15)12(6-10(9)14)17-21(19,20)18-4-2-1-3-8(18)7-16/h5-6,8,17H,1-4,7,16H2. The quantitative estimate of drug-likeness (QED) is 0.826. The highest BCUT2D eigenvalue weighted by atomic mass is 32.2. The lowest BCUT2D eigenvalue weighted by molar-refractivity contribution is 0.259. The molecule has 5 nitrogen and oxygen atoms in total. The zero-order chi connectivity index (χ0) is 15.6. The largest absolute Gasteiger partial charge is 0.329 e. The topological polar surface area (TPSA) is 75.4 Å². The molecule has 1 atom stereocenters. The summed E-state index contributed by atoms with van der Waals surface area (Å²) >= 11 is 0. The average Bonchev–Trinajstić information content (AvgIpc) is 2.44. The van der Waals surface area contributed by atoms with Crippen LogP contribution in [0.3, 0.4) is 0 Å².